The van der Waals surface area contributed by atoms with Crippen LogP contribution < -0.4 is 4.74 Å². The Kier molecular flexibility index (Phi) is 1.56. The van der Waals surface area contributed by atoms with Crippen LogP contribution in [-0.4, -0.2) is 10.7 Å². The van der Waals surface area contributed by atoms with Gasteiger partial charge in [-0.25, -0.2) is 0 Å². The molecule has 70 valence electrons. The summed E-state index contributed by atoms with van der Waals surface area (Å²) >= 11 is 0. The molecule has 0 saturated heterocycles. The van der Waals surface area contributed by atoms with Crippen LogP contribution in [0.5, 0.6) is 11.5 Å². The molecule has 1 aliphatic heterocycles. The van der Waals surface area contributed by atoms with Gasteiger partial charge in [0.1, 0.15) is 17.1 Å². The van der Waals surface area contributed by atoms with Crippen LogP contribution in [0.15, 0.2) is 18.2 Å². The van der Waals surface area contributed by atoms with Crippen LogP contribution in [0.25, 0.3) is 0 Å². The zero-order valence-corrected chi connectivity index (χ0v) is 8.16. The average molecular weight is 178 g/mol. The van der Waals surface area contributed by atoms with Gasteiger partial charge in [0.05, 0.1) is 0 Å². The van der Waals surface area contributed by atoms with Crippen molar-refractivity contribution >= 4 is 0 Å². The second kappa shape index (κ2) is 2.41. The molecule has 1 unspecified atom stereocenters. The topological polar surface area (TPSA) is 29.5 Å². The summed E-state index contributed by atoms with van der Waals surface area (Å²) in [6, 6.07) is 5.42. The normalized spacial score (nSPS) is 23.8. The van der Waals surface area contributed by atoms with E-state index < -0.39 is 0 Å². The summed E-state index contributed by atoms with van der Waals surface area (Å²) < 4.78 is 5.73. The van der Waals surface area contributed by atoms with Crippen molar-refractivity contribution < 1.29 is 9.84 Å². The molecule has 2 nitrogen and oxygen atoms in total. The molecule has 0 spiro atoms. The fourth-order valence-corrected chi connectivity index (χ4v) is 1.78. The summed E-state index contributed by atoms with van der Waals surface area (Å²) in [5.74, 6) is 1.40. The van der Waals surface area contributed by atoms with E-state index in [0.29, 0.717) is 5.75 Å². The Balaban J connectivity index is 2.57. The van der Waals surface area contributed by atoms with Crippen molar-refractivity contribution in [3.8, 4) is 11.5 Å². The van der Waals surface area contributed by atoms with E-state index in [1.807, 2.05) is 26.0 Å². The highest BCUT2D eigenvalue weighted by Gasteiger charge is 2.39. The van der Waals surface area contributed by atoms with E-state index in [1.165, 1.54) is 0 Å². The number of benzene rings is 1. The molecular weight excluding hydrogens is 164 g/mol. The molecule has 2 rings (SSSR count). The van der Waals surface area contributed by atoms with Crippen molar-refractivity contribution in [2.75, 3.05) is 0 Å². The number of hydrogen-bond donors (Lipinski definition) is 1. The third kappa shape index (κ3) is 1.09. The number of ether oxygens (including phenoxy) is 1. The van der Waals surface area contributed by atoms with E-state index in [1.54, 1.807) is 6.07 Å². The molecule has 1 aromatic carbocycles. The van der Waals surface area contributed by atoms with E-state index in [2.05, 4.69) is 6.92 Å². The Morgan fingerprint density at radius 3 is 2.69 bits per heavy atom. The third-order valence-electron chi connectivity index (χ3n) is 2.89. The van der Waals surface area contributed by atoms with Gasteiger partial charge in [-0.2, -0.15) is 0 Å². The first-order chi connectivity index (χ1) is 6.02. The number of phenols is 1. The van der Waals surface area contributed by atoms with Crippen molar-refractivity contribution in [1.82, 2.24) is 0 Å². The monoisotopic (exact) mass is 178 g/mol. The van der Waals surface area contributed by atoms with Gasteiger partial charge in [0.15, 0.2) is 0 Å². The van der Waals surface area contributed by atoms with Crippen molar-refractivity contribution in [1.29, 1.82) is 0 Å². The minimum atomic E-state index is -0.207. The lowest BCUT2D eigenvalue weighted by Gasteiger charge is -2.22. The van der Waals surface area contributed by atoms with Gasteiger partial charge < -0.3 is 9.84 Å². The van der Waals surface area contributed by atoms with E-state index in [9.17, 15) is 5.11 Å². The molecule has 0 bridgehead atoms. The highest BCUT2D eigenvalue weighted by Crippen LogP contribution is 2.47. The van der Waals surface area contributed by atoms with Gasteiger partial charge in [-0.1, -0.05) is 13.0 Å². The molecule has 0 radical (unpaired) electrons. The molecule has 1 N–H and O–H groups in total. The Morgan fingerprint density at radius 1 is 1.38 bits per heavy atom. The van der Waals surface area contributed by atoms with Gasteiger partial charge in [0, 0.05) is 11.5 Å². The summed E-state index contributed by atoms with van der Waals surface area (Å²) in [4.78, 5) is 0. The van der Waals surface area contributed by atoms with Gasteiger partial charge in [-0.3, -0.25) is 0 Å². The highest BCUT2D eigenvalue weighted by atomic mass is 16.5. The number of fused-ring (bicyclic) bond motifs is 1. The maximum atomic E-state index is 9.65. The third-order valence-corrected chi connectivity index (χ3v) is 2.89. The van der Waals surface area contributed by atoms with E-state index in [-0.39, 0.29) is 11.5 Å². The largest absolute Gasteiger partial charge is 0.508 e. The van der Waals surface area contributed by atoms with Gasteiger partial charge >= 0.3 is 0 Å². The Hall–Kier alpha value is -1.18. The van der Waals surface area contributed by atoms with Crippen molar-refractivity contribution in [3.05, 3.63) is 23.8 Å². The van der Waals surface area contributed by atoms with Gasteiger partial charge in [-0.15, -0.1) is 0 Å². The van der Waals surface area contributed by atoms with E-state index in [0.717, 1.165) is 11.3 Å². The summed E-state index contributed by atoms with van der Waals surface area (Å²) in [7, 11) is 0. The molecule has 1 heterocycles. The molecule has 0 saturated carbocycles. The molecule has 0 aliphatic carbocycles. The van der Waals surface area contributed by atoms with Crippen LogP contribution in [0.3, 0.4) is 0 Å². The fraction of sp³-hybridized carbons (Fsp3) is 0.455. The molecule has 0 aromatic heterocycles. The van der Waals surface area contributed by atoms with Crippen LogP contribution in [0.4, 0.5) is 0 Å². The number of rotatable bonds is 0. The van der Waals surface area contributed by atoms with E-state index in [4.69, 9.17) is 4.74 Å². The molecule has 1 aliphatic rings. The molecule has 1 atom stereocenters. The summed E-state index contributed by atoms with van der Waals surface area (Å²) in [6.45, 7) is 6.15. The minimum Gasteiger partial charge on any atom is -0.508 e. The quantitative estimate of drug-likeness (QED) is 0.661. The fourth-order valence-electron chi connectivity index (χ4n) is 1.78. The first kappa shape index (κ1) is 8.42. The predicted octanol–water partition coefficient (Wildman–Crippen LogP) is 2.67. The zero-order valence-electron chi connectivity index (χ0n) is 8.16. The lowest BCUT2D eigenvalue weighted by atomic mass is 9.88. The lowest BCUT2D eigenvalue weighted by Crippen LogP contribution is -2.28. The maximum Gasteiger partial charge on any atom is 0.127 e. The first-order valence-corrected chi connectivity index (χ1v) is 4.53. The van der Waals surface area contributed by atoms with Crippen LogP contribution in [0, 0.1) is 0 Å². The van der Waals surface area contributed by atoms with Crippen molar-refractivity contribution in [2.45, 2.75) is 32.3 Å². The average Bonchev–Trinajstić information content (AvgIpc) is 2.24. The Morgan fingerprint density at radius 2 is 2.08 bits per heavy atom. The lowest BCUT2D eigenvalue weighted by molar-refractivity contribution is 0.115. The number of aromatic hydroxyl groups is 1. The van der Waals surface area contributed by atoms with Crippen LogP contribution in [0.2, 0.25) is 0 Å². The molecule has 0 amide bonds. The molecule has 13 heavy (non-hydrogen) atoms. The van der Waals surface area contributed by atoms with Crippen LogP contribution in [-0.2, 0) is 0 Å². The molecular formula is C11H14O2. The standard InChI is InChI=1S/C11H14O2/c1-7-10-8(12)5-4-6-9(10)13-11(7,2)3/h4-7,12H,1-3H3. The predicted molar refractivity (Wildman–Crippen MR) is 51.2 cm³/mol. The first-order valence-electron chi connectivity index (χ1n) is 4.53. The van der Waals surface area contributed by atoms with Gasteiger partial charge in [0.25, 0.3) is 0 Å². The van der Waals surface area contributed by atoms with Gasteiger partial charge in [-0.05, 0) is 26.0 Å². The molecule has 1 aromatic rings. The molecule has 0 fully saturated rings. The summed E-state index contributed by atoms with van der Waals surface area (Å²) in [5, 5.41) is 9.65. The second-order valence-electron chi connectivity index (χ2n) is 4.12. The Bertz CT molecular complexity index is 342. The smallest absolute Gasteiger partial charge is 0.127 e. The van der Waals surface area contributed by atoms with Crippen LogP contribution >= 0.6 is 0 Å². The second-order valence-corrected chi connectivity index (χ2v) is 4.12. The van der Waals surface area contributed by atoms with Crippen molar-refractivity contribution in [2.24, 2.45) is 0 Å². The molecule has 2 heteroatoms. The number of phenolic OH excluding ortho intramolecular Hbond substituents is 1. The van der Waals surface area contributed by atoms with Gasteiger partial charge in [0.2, 0.25) is 0 Å². The maximum absolute atomic E-state index is 9.65. The SMILES string of the molecule is CC1c2c(O)cccc2OC1(C)C. The number of hydrogen-bond acceptors (Lipinski definition) is 2. The highest BCUT2D eigenvalue weighted by molar-refractivity contribution is 5.50. The minimum absolute atomic E-state index is 0.207. The van der Waals surface area contributed by atoms with E-state index >= 15 is 0 Å². The zero-order chi connectivity index (χ0) is 9.64. The Labute approximate surface area is 78.2 Å². The van der Waals surface area contributed by atoms with Crippen LogP contribution in [0.1, 0.15) is 32.3 Å². The van der Waals surface area contributed by atoms with Crippen molar-refractivity contribution in [3.63, 3.8) is 0 Å². The summed E-state index contributed by atoms with van der Waals surface area (Å²) in [5.41, 5.74) is 0.730. The summed E-state index contributed by atoms with van der Waals surface area (Å²) in [6.07, 6.45) is 0.